The molecule has 0 spiro atoms. The molecule has 0 heterocycles. The summed E-state index contributed by atoms with van der Waals surface area (Å²) in [7, 11) is 0. The van der Waals surface area contributed by atoms with Crippen molar-refractivity contribution in [3.63, 3.8) is 0 Å². The van der Waals surface area contributed by atoms with Gasteiger partial charge < -0.3 is 4.90 Å². The molecule has 0 radical (unpaired) electrons. The van der Waals surface area contributed by atoms with Gasteiger partial charge in [-0.05, 0) is 12.1 Å². The normalized spacial score (nSPS) is 9.43. The number of hydrogen-bond donors (Lipinski definition) is 0. The monoisotopic (exact) mass is 300 g/mol. The van der Waals surface area contributed by atoms with Crippen molar-refractivity contribution in [3.05, 3.63) is 30.3 Å². The molecule has 0 aliphatic rings. The average molecular weight is 300 g/mol. The van der Waals surface area contributed by atoms with Gasteiger partial charge >= 0.3 is 0 Å². The van der Waals surface area contributed by atoms with Gasteiger partial charge in [-0.2, -0.15) is 5.26 Å². The first kappa shape index (κ1) is 11.3. The third-order valence-corrected chi connectivity index (χ3v) is 2.45. The Labute approximate surface area is 98.7 Å². The minimum Gasteiger partial charge on any atom is -0.370 e. The number of anilines is 1. The smallest absolute Gasteiger partial charge is 0.0640 e. The molecule has 14 heavy (non-hydrogen) atoms. The van der Waals surface area contributed by atoms with Gasteiger partial charge in [0.15, 0.2) is 0 Å². The van der Waals surface area contributed by atoms with Crippen LogP contribution in [-0.2, 0) is 0 Å². The van der Waals surface area contributed by atoms with Crippen LogP contribution < -0.4 is 4.90 Å². The maximum atomic E-state index is 8.55. The largest absolute Gasteiger partial charge is 0.370 e. The molecule has 0 N–H and O–H groups in total. The van der Waals surface area contributed by atoms with E-state index in [9.17, 15) is 0 Å². The molecule has 1 aromatic carbocycles. The van der Waals surface area contributed by atoms with Gasteiger partial charge in [-0.15, -0.1) is 0 Å². The summed E-state index contributed by atoms with van der Waals surface area (Å²) >= 11 is 2.36. The van der Waals surface area contributed by atoms with Gasteiger partial charge in [-0.25, -0.2) is 0 Å². The zero-order valence-corrected chi connectivity index (χ0v) is 10.1. The number of rotatable bonds is 5. The number of para-hydroxylation sites is 1. The fourth-order valence-electron chi connectivity index (χ4n) is 1.30. The SMILES string of the molecule is N#CCCN(CCI)c1ccccc1. The van der Waals surface area contributed by atoms with Crippen molar-refractivity contribution < 1.29 is 0 Å². The molecular formula is C11H13IN2. The highest BCUT2D eigenvalue weighted by Gasteiger charge is 2.03. The van der Waals surface area contributed by atoms with E-state index in [-0.39, 0.29) is 0 Å². The molecule has 3 heteroatoms. The molecule has 0 aliphatic carbocycles. The van der Waals surface area contributed by atoms with Gasteiger partial charge in [0.05, 0.1) is 12.5 Å². The summed E-state index contributed by atoms with van der Waals surface area (Å²) in [4.78, 5) is 2.25. The van der Waals surface area contributed by atoms with E-state index in [0.29, 0.717) is 6.42 Å². The van der Waals surface area contributed by atoms with Gasteiger partial charge in [-0.3, -0.25) is 0 Å². The predicted molar refractivity (Wildman–Crippen MR) is 67.8 cm³/mol. The molecule has 0 aliphatic heterocycles. The standard InChI is InChI=1S/C11H13IN2/c12-7-10-14(9-4-8-13)11-5-2-1-3-6-11/h1-3,5-6H,4,7,9-10H2. The van der Waals surface area contributed by atoms with Crippen LogP contribution in [0.2, 0.25) is 0 Å². The summed E-state index contributed by atoms with van der Waals surface area (Å²) in [5.74, 6) is 0. The van der Waals surface area contributed by atoms with Gasteiger partial charge in [0.25, 0.3) is 0 Å². The molecule has 0 saturated heterocycles. The van der Waals surface area contributed by atoms with E-state index in [0.717, 1.165) is 17.5 Å². The summed E-state index contributed by atoms with van der Waals surface area (Å²) in [6.07, 6.45) is 0.589. The fraction of sp³-hybridized carbons (Fsp3) is 0.364. The Morgan fingerprint density at radius 1 is 1.21 bits per heavy atom. The lowest BCUT2D eigenvalue weighted by Crippen LogP contribution is -2.26. The van der Waals surface area contributed by atoms with E-state index in [4.69, 9.17) is 5.26 Å². The second-order valence-electron chi connectivity index (χ2n) is 2.92. The number of nitrogens with zero attached hydrogens (tertiary/aromatic N) is 2. The van der Waals surface area contributed by atoms with Crippen LogP contribution >= 0.6 is 22.6 Å². The molecule has 0 unspecified atom stereocenters. The predicted octanol–water partition coefficient (Wildman–Crippen LogP) is 2.84. The van der Waals surface area contributed by atoms with E-state index >= 15 is 0 Å². The number of benzene rings is 1. The Morgan fingerprint density at radius 2 is 1.93 bits per heavy atom. The summed E-state index contributed by atoms with van der Waals surface area (Å²) < 4.78 is 1.08. The topological polar surface area (TPSA) is 27.0 Å². The van der Waals surface area contributed by atoms with Gasteiger partial charge in [0, 0.05) is 23.2 Å². The lowest BCUT2D eigenvalue weighted by Gasteiger charge is -2.22. The first-order chi connectivity index (χ1) is 6.88. The molecule has 0 atom stereocenters. The Bertz CT molecular complexity index is 292. The maximum Gasteiger partial charge on any atom is 0.0640 e. The van der Waals surface area contributed by atoms with Crippen molar-refractivity contribution in [2.75, 3.05) is 22.4 Å². The molecule has 0 saturated carbocycles. The zero-order valence-electron chi connectivity index (χ0n) is 7.99. The zero-order chi connectivity index (χ0) is 10.2. The maximum absolute atomic E-state index is 8.55. The molecule has 0 bridgehead atoms. The highest BCUT2D eigenvalue weighted by molar-refractivity contribution is 14.1. The number of halogens is 1. The molecule has 1 aromatic rings. The number of alkyl halides is 1. The van der Waals surface area contributed by atoms with E-state index in [2.05, 4.69) is 45.7 Å². The molecule has 0 amide bonds. The van der Waals surface area contributed by atoms with Crippen LogP contribution in [0.3, 0.4) is 0 Å². The fourth-order valence-corrected chi connectivity index (χ4v) is 1.88. The Morgan fingerprint density at radius 3 is 2.50 bits per heavy atom. The van der Waals surface area contributed by atoms with Gasteiger partial charge in [-0.1, -0.05) is 40.8 Å². The van der Waals surface area contributed by atoms with Crippen LogP contribution in [0, 0.1) is 11.3 Å². The lowest BCUT2D eigenvalue weighted by atomic mass is 10.2. The second kappa shape index (κ2) is 6.66. The third-order valence-electron chi connectivity index (χ3n) is 1.97. The van der Waals surface area contributed by atoms with Crippen LogP contribution in [0.1, 0.15) is 6.42 Å². The second-order valence-corrected chi connectivity index (χ2v) is 4.00. The average Bonchev–Trinajstić information content (AvgIpc) is 2.25. The Kier molecular flexibility index (Phi) is 5.38. The van der Waals surface area contributed by atoms with E-state index < -0.39 is 0 Å². The molecule has 0 fully saturated rings. The van der Waals surface area contributed by atoms with E-state index in [1.807, 2.05) is 18.2 Å². The van der Waals surface area contributed by atoms with Crippen LogP contribution in [-0.4, -0.2) is 17.5 Å². The van der Waals surface area contributed by atoms with Gasteiger partial charge in [0.1, 0.15) is 0 Å². The Balaban J connectivity index is 2.63. The van der Waals surface area contributed by atoms with Crippen molar-refractivity contribution in [1.29, 1.82) is 5.26 Å². The molecule has 2 nitrogen and oxygen atoms in total. The van der Waals surface area contributed by atoms with Gasteiger partial charge in [0.2, 0.25) is 0 Å². The van der Waals surface area contributed by atoms with Crippen LogP contribution in [0.25, 0.3) is 0 Å². The van der Waals surface area contributed by atoms with Crippen molar-refractivity contribution in [2.24, 2.45) is 0 Å². The van der Waals surface area contributed by atoms with Crippen molar-refractivity contribution in [1.82, 2.24) is 0 Å². The summed E-state index contributed by atoms with van der Waals surface area (Å²) in [6, 6.07) is 12.4. The highest BCUT2D eigenvalue weighted by Crippen LogP contribution is 2.13. The van der Waals surface area contributed by atoms with Crippen molar-refractivity contribution in [3.8, 4) is 6.07 Å². The summed E-state index contributed by atoms with van der Waals surface area (Å²) in [5, 5.41) is 8.55. The lowest BCUT2D eigenvalue weighted by molar-refractivity contribution is 0.837. The quantitative estimate of drug-likeness (QED) is 0.617. The van der Waals surface area contributed by atoms with E-state index in [1.165, 1.54) is 5.69 Å². The first-order valence-electron chi connectivity index (χ1n) is 4.61. The molecular weight excluding hydrogens is 287 g/mol. The minimum atomic E-state index is 0.589. The van der Waals surface area contributed by atoms with Crippen molar-refractivity contribution in [2.45, 2.75) is 6.42 Å². The number of nitriles is 1. The molecule has 74 valence electrons. The first-order valence-corrected chi connectivity index (χ1v) is 6.14. The minimum absolute atomic E-state index is 0.589. The summed E-state index contributed by atoms with van der Waals surface area (Å²) in [6.45, 7) is 1.83. The van der Waals surface area contributed by atoms with Crippen LogP contribution in [0.15, 0.2) is 30.3 Å². The molecule has 0 aromatic heterocycles. The van der Waals surface area contributed by atoms with Crippen molar-refractivity contribution >= 4 is 28.3 Å². The van der Waals surface area contributed by atoms with Crippen LogP contribution in [0.5, 0.6) is 0 Å². The highest BCUT2D eigenvalue weighted by atomic mass is 127. The number of hydrogen-bond acceptors (Lipinski definition) is 2. The third kappa shape index (κ3) is 3.54. The molecule has 1 rings (SSSR count). The van der Waals surface area contributed by atoms with Crippen LogP contribution in [0.4, 0.5) is 5.69 Å². The summed E-state index contributed by atoms with van der Waals surface area (Å²) in [5.41, 5.74) is 1.21. The van der Waals surface area contributed by atoms with E-state index in [1.54, 1.807) is 0 Å². The Hall–Kier alpha value is -0.760.